The first-order valence-corrected chi connectivity index (χ1v) is 11.2. The SMILES string of the molecule is O=C1/C(=C/c2cccn2-c2ccc(Cl)cc2)SC(=Nc2ccccc2)N1c1ccccc1. The summed E-state index contributed by atoms with van der Waals surface area (Å²) in [4.78, 5) is 20.5. The second-order valence-corrected chi connectivity index (χ2v) is 8.54. The minimum atomic E-state index is -0.0975. The third-order valence-corrected chi connectivity index (χ3v) is 6.19. The molecule has 0 saturated carbocycles. The standard InChI is InChI=1S/C26H18ClN3OS/c27-19-13-15-21(16-14-19)29-17-7-12-23(29)18-24-25(31)30(22-10-5-2-6-11-22)26(32-24)28-20-8-3-1-4-9-20/h1-18H/b24-18-,28-26?. The second-order valence-electron chi connectivity index (χ2n) is 7.10. The number of hydrogen-bond acceptors (Lipinski definition) is 3. The topological polar surface area (TPSA) is 37.6 Å². The van der Waals surface area contributed by atoms with Crippen molar-refractivity contribution >= 4 is 51.9 Å². The summed E-state index contributed by atoms with van der Waals surface area (Å²) in [5.74, 6) is -0.0975. The van der Waals surface area contributed by atoms with Gasteiger partial charge in [0.05, 0.1) is 16.3 Å². The number of thioether (sulfide) groups is 1. The van der Waals surface area contributed by atoms with Gasteiger partial charge in [-0.15, -0.1) is 0 Å². The number of amides is 1. The Morgan fingerprint density at radius 2 is 1.47 bits per heavy atom. The minimum absolute atomic E-state index is 0.0975. The van der Waals surface area contributed by atoms with E-state index in [4.69, 9.17) is 16.6 Å². The largest absolute Gasteiger partial charge is 0.317 e. The Labute approximate surface area is 195 Å². The van der Waals surface area contributed by atoms with Crippen LogP contribution in [0.2, 0.25) is 5.02 Å². The van der Waals surface area contributed by atoms with Gasteiger partial charge in [0.2, 0.25) is 0 Å². The molecule has 1 saturated heterocycles. The molecule has 0 spiro atoms. The number of amidine groups is 1. The van der Waals surface area contributed by atoms with Crippen LogP contribution in [-0.4, -0.2) is 15.6 Å². The smallest absolute Gasteiger partial charge is 0.271 e. The van der Waals surface area contributed by atoms with Crippen LogP contribution in [0.4, 0.5) is 11.4 Å². The van der Waals surface area contributed by atoms with Crippen molar-refractivity contribution in [3.05, 3.63) is 119 Å². The molecule has 0 atom stereocenters. The van der Waals surface area contributed by atoms with Crippen LogP contribution in [0, 0.1) is 0 Å². The van der Waals surface area contributed by atoms with Crippen LogP contribution >= 0.6 is 23.4 Å². The minimum Gasteiger partial charge on any atom is -0.317 e. The molecule has 3 aromatic carbocycles. The molecule has 0 N–H and O–H groups in total. The number of para-hydroxylation sites is 2. The van der Waals surface area contributed by atoms with Gasteiger partial charge in [0, 0.05) is 22.6 Å². The lowest BCUT2D eigenvalue weighted by Gasteiger charge is -2.15. The van der Waals surface area contributed by atoms with Gasteiger partial charge < -0.3 is 4.57 Å². The fourth-order valence-corrected chi connectivity index (χ4v) is 4.56. The van der Waals surface area contributed by atoms with Crippen molar-refractivity contribution in [3.63, 3.8) is 0 Å². The molecule has 156 valence electrons. The summed E-state index contributed by atoms with van der Waals surface area (Å²) in [5.41, 5.74) is 3.46. The van der Waals surface area contributed by atoms with E-state index in [2.05, 4.69) is 0 Å². The Bertz CT molecular complexity index is 1310. The van der Waals surface area contributed by atoms with Crippen molar-refractivity contribution in [3.8, 4) is 5.69 Å². The summed E-state index contributed by atoms with van der Waals surface area (Å²) in [7, 11) is 0. The Balaban J connectivity index is 1.56. The summed E-state index contributed by atoms with van der Waals surface area (Å²) in [6.45, 7) is 0. The van der Waals surface area contributed by atoms with Crippen LogP contribution in [-0.2, 0) is 4.79 Å². The van der Waals surface area contributed by atoms with Crippen molar-refractivity contribution < 1.29 is 4.79 Å². The molecule has 1 aliphatic heterocycles. The molecule has 4 nitrogen and oxygen atoms in total. The number of carbonyl (C=O) groups is 1. The molecule has 1 amide bonds. The van der Waals surface area contributed by atoms with Gasteiger partial charge >= 0.3 is 0 Å². The van der Waals surface area contributed by atoms with Gasteiger partial charge in [-0.25, -0.2) is 4.99 Å². The van der Waals surface area contributed by atoms with Crippen molar-refractivity contribution in [2.24, 2.45) is 4.99 Å². The molecule has 1 aliphatic rings. The molecule has 4 aromatic rings. The zero-order valence-corrected chi connectivity index (χ0v) is 18.5. The van der Waals surface area contributed by atoms with Crippen molar-refractivity contribution in [2.45, 2.75) is 0 Å². The van der Waals surface area contributed by atoms with Gasteiger partial charge in [-0.1, -0.05) is 48.0 Å². The lowest BCUT2D eigenvalue weighted by Crippen LogP contribution is -2.28. The molecule has 0 radical (unpaired) electrons. The van der Waals surface area contributed by atoms with E-state index in [-0.39, 0.29) is 5.91 Å². The van der Waals surface area contributed by atoms with Gasteiger partial charge in [-0.05, 0) is 78.5 Å². The van der Waals surface area contributed by atoms with Gasteiger partial charge in [-0.2, -0.15) is 0 Å². The highest BCUT2D eigenvalue weighted by atomic mass is 35.5. The molecule has 1 aromatic heterocycles. The van der Waals surface area contributed by atoms with Crippen LogP contribution in [0.15, 0.2) is 113 Å². The first-order valence-electron chi connectivity index (χ1n) is 10.1. The van der Waals surface area contributed by atoms with Crippen LogP contribution in [0.3, 0.4) is 0 Å². The van der Waals surface area contributed by atoms with E-state index in [1.54, 1.807) is 4.90 Å². The first-order chi connectivity index (χ1) is 15.7. The third-order valence-electron chi connectivity index (χ3n) is 4.97. The molecule has 0 bridgehead atoms. The van der Waals surface area contributed by atoms with Crippen LogP contribution < -0.4 is 4.90 Å². The lowest BCUT2D eigenvalue weighted by atomic mass is 10.2. The summed E-state index contributed by atoms with van der Waals surface area (Å²) < 4.78 is 2.02. The zero-order valence-electron chi connectivity index (χ0n) is 16.9. The summed E-state index contributed by atoms with van der Waals surface area (Å²) in [6.07, 6.45) is 3.87. The Kier molecular flexibility index (Phi) is 5.67. The van der Waals surface area contributed by atoms with E-state index < -0.39 is 0 Å². The van der Waals surface area contributed by atoms with Gasteiger partial charge in [0.25, 0.3) is 5.91 Å². The Hall–Kier alpha value is -3.54. The highest BCUT2D eigenvalue weighted by molar-refractivity contribution is 8.19. The number of aliphatic imine (C=N–C) groups is 1. The average molecular weight is 456 g/mol. The van der Waals surface area contributed by atoms with E-state index in [9.17, 15) is 4.79 Å². The maximum atomic E-state index is 13.5. The predicted molar refractivity (Wildman–Crippen MR) is 134 cm³/mol. The lowest BCUT2D eigenvalue weighted by molar-refractivity contribution is -0.113. The Morgan fingerprint density at radius 1 is 0.781 bits per heavy atom. The molecule has 1 fully saturated rings. The quantitative estimate of drug-likeness (QED) is 0.312. The molecular formula is C26H18ClN3OS. The molecule has 32 heavy (non-hydrogen) atoms. The average Bonchev–Trinajstić information content (AvgIpc) is 3.40. The van der Waals surface area contributed by atoms with Crippen molar-refractivity contribution in [2.75, 3.05) is 4.90 Å². The van der Waals surface area contributed by atoms with Gasteiger partial charge in [0.1, 0.15) is 0 Å². The fraction of sp³-hybridized carbons (Fsp3) is 0. The van der Waals surface area contributed by atoms with E-state index in [1.165, 1.54) is 11.8 Å². The fourth-order valence-electron chi connectivity index (χ4n) is 3.45. The molecule has 6 heteroatoms. The molecule has 5 rings (SSSR count). The zero-order chi connectivity index (χ0) is 21.9. The van der Waals surface area contributed by atoms with Crippen molar-refractivity contribution in [1.29, 1.82) is 0 Å². The third kappa shape index (κ3) is 4.13. The van der Waals surface area contributed by atoms with Gasteiger partial charge in [0.15, 0.2) is 5.17 Å². The maximum Gasteiger partial charge on any atom is 0.271 e. The van der Waals surface area contributed by atoms with Crippen LogP contribution in [0.5, 0.6) is 0 Å². The van der Waals surface area contributed by atoms with Gasteiger partial charge in [-0.3, -0.25) is 9.69 Å². The van der Waals surface area contributed by atoms with Crippen LogP contribution in [0.25, 0.3) is 11.8 Å². The number of anilines is 1. The number of halogens is 1. The summed E-state index contributed by atoms with van der Waals surface area (Å²) >= 11 is 7.41. The van der Waals surface area contributed by atoms with E-state index >= 15 is 0 Å². The normalized spacial score (nSPS) is 16.3. The molecule has 2 heterocycles. The number of rotatable bonds is 4. The highest BCUT2D eigenvalue weighted by Gasteiger charge is 2.34. The molecule has 0 unspecified atom stereocenters. The predicted octanol–water partition coefficient (Wildman–Crippen LogP) is 6.94. The highest BCUT2D eigenvalue weighted by Crippen LogP contribution is 2.37. The Morgan fingerprint density at radius 3 is 2.19 bits per heavy atom. The molecule has 0 aliphatic carbocycles. The van der Waals surface area contributed by atoms with E-state index in [1.807, 2.05) is 114 Å². The number of hydrogen-bond donors (Lipinski definition) is 0. The summed E-state index contributed by atoms with van der Waals surface area (Å²) in [5, 5.41) is 1.31. The number of carbonyl (C=O) groups excluding carboxylic acids is 1. The number of nitrogens with zero attached hydrogens (tertiary/aromatic N) is 3. The molecular weight excluding hydrogens is 438 g/mol. The first kappa shape index (κ1) is 20.4. The number of benzene rings is 3. The van der Waals surface area contributed by atoms with Crippen LogP contribution in [0.1, 0.15) is 5.69 Å². The monoisotopic (exact) mass is 455 g/mol. The number of aromatic nitrogens is 1. The van der Waals surface area contributed by atoms with E-state index in [0.29, 0.717) is 15.1 Å². The second kappa shape index (κ2) is 8.91. The van der Waals surface area contributed by atoms with E-state index in [0.717, 1.165) is 22.8 Å². The summed E-state index contributed by atoms with van der Waals surface area (Å²) in [6, 6.07) is 30.8. The van der Waals surface area contributed by atoms with Crippen molar-refractivity contribution in [1.82, 2.24) is 4.57 Å². The maximum absolute atomic E-state index is 13.5.